The molecule has 0 aromatic carbocycles. The Bertz CT molecular complexity index is 534. The number of nitrogens with zero attached hydrogens (tertiary/aromatic N) is 1. The summed E-state index contributed by atoms with van der Waals surface area (Å²) in [5, 5.41) is 16.8. The lowest BCUT2D eigenvalue weighted by atomic mass is 9.98. The van der Waals surface area contributed by atoms with Crippen molar-refractivity contribution in [2.45, 2.75) is 4.87 Å². The van der Waals surface area contributed by atoms with Crippen LogP contribution in [0, 0.1) is 5.82 Å². The third-order valence-electron chi connectivity index (χ3n) is 1.96. The van der Waals surface area contributed by atoms with Gasteiger partial charge in [-0.2, -0.15) is 0 Å². The topological polar surface area (TPSA) is 105 Å². The van der Waals surface area contributed by atoms with Crippen molar-refractivity contribution in [1.82, 2.24) is 4.98 Å². The van der Waals surface area contributed by atoms with E-state index in [1.54, 1.807) is 0 Å². The summed E-state index contributed by atoms with van der Waals surface area (Å²) in [6.07, 6.45) is 0.733. The summed E-state index contributed by atoms with van der Waals surface area (Å²) in [6, 6.07) is 0.556. The number of ketones is 1. The Kier molecular flexibility index (Phi) is 3.88. The van der Waals surface area contributed by atoms with Gasteiger partial charge in [0.2, 0.25) is 5.78 Å². The lowest BCUT2D eigenvalue weighted by Crippen LogP contribution is -2.48. The molecule has 9 heteroatoms. The number of carbonyl (C=O) groups excluding carboxylic acids is 1. The molecule has 0 saturated heterocycles. The highest BCUT2D eigenvalue weighted by Gasteiger charge is 2.52. The molecule has 1 rings (SSSR count). The average Bonchev–Trinajstić information content (AvgIpc) is 2.30. The van der Waals surface area contributed by atoms with E-state index in [-0.39, 0.29) is 0 Å². The predicted molar refractivity (Wildman–Crippen MR) is 57.4 cm³/mol. The third-order valence-corrected chi connectivity index (χ3v) is 2.73. The lowest BCUT2D eigenvalue weighted by Gasteiger charge is -2.15. The first-order chi connectivity index (χ1) is 8.21. The summed E-state index contributed by atoms with van der Waals surface area (Å²) >= 11 is 10.5. The molecule has 0 aliphatic rings. The van der Waals surface area contributed by atoms with Crippen molar-refractivity contribution < 1.29 is 29.0 Å². The van der Waals surface area contributed by atoms with Gasteiger partial charge in [0.1, 0.15) is 0 Å². The van der Waals surface area contributed by atoms with E-state index in [1.165, 1.54) is 0 Å². The summed E-state index contributed by atoms with van der Waals surface area (Å²) in [5.41, 5.74) is -0.614. The van der Waals surface area contributed by atoms with Gasteiger partial charge in [-0.15, -0.1) is 0 Å². The second kappa shape index (κ2) is 4.87. The van der Waals surface area contributed by atoms with E-state index in [2.05, 4.69) is 4.98 Å². The number of carboxylic acids is 2. The Morgan fingerprint density at radius 2 is 1.78 bits per heavy atom. The molecule has 0 saturated carbocycles. The van der Waals surface area contributed by atoms with Gasteiger partial charge >= 0.3 is 11.9 Å². The molecule has 0 spiro atoms. The van der Waals surface area contributed by atoms with Gasteiger partial charge in [0, 0.05) is 11.8 Å². The molecule has 1 aromatic heterocycles. The number of halogens is 3. The van der Waals surface area contributed by atoms with E-state index in [0.717, 1.165) is 6.20 Å². The predicted octanol–water partition coefficient (Wildman–Crippen LogP) is 1.20. The molecule has 0 bridgehead atoms. The van der Waals surface area contributed by atoms with Gasteiger partial charge in [0.05, 0.1) is 0 Å². The molecule has 2 N–H and O–H groups in total. The highest BCUT2D eigenvalue weighted by Crippen LogP contribution is 2.23. The number of carbonyl (C=O) groups is 3. The van der Waals surface area contributed by atoms with Crippen LogP contribution in [-0.4, -0.2) is 37.8 Å². The fourth-order valence-corrected chi connectivity index (χ4v) is 1.24. The highest BCUT2D eigenvalue weighted by atomic mass is 35.5. The van der Waals surface area contributed by atoms with Crippen LogP contribution in [0.25, 0.3) is 0 Å². The molecule has 0 aliphatic carbocycles. The highest BCUT2D eigenvalue weighted by molar-refractivity contribution is 6.57. The molecular formula is C9H4Cl2FNO5. The first kappa shape index (κ1) is 14.3. The van der Waals surface area contributed by atoms with E-state index in [9.17, 15) is 18.8 Å². The van der Waals surface area contributed by atoms with Crippen molar-refractivity contribution in [3.8, 4) is 0 Å². The minimum absolute atomic E-state index is 0.544. The Morgan fingerprint density at radius 1 is 1.28 bits per heavy atom. The quantitative estimate of drug-likeness (QED) is 0.374. The van der Waals surface area contributed by atoms with Gasteiger partial charge in [-0.1, -0.05) is 23.2 Å². The summed E-state index contributed by atoms with van der Waals surface area (Å²) < 4.78 is 13.0. The summed E-state index contributed by atoms with van der Waals surface area (Å²) in [5.74, 6) is -6.79. The van der Waals surface area contributed by atoms with E-state index in [0.29, 0.717) is 6.07 Å². The zero-order chi connectivity index (χ0) is 14.1. The SMILES string of the molecule is O=C(O)C(Cl)(C(=O)O)C(=O)c1cnc(Cl)c(F)c1. The first-order valence-electron chi connectivity index (χ1n) is 4.22. The van der Waals surface area contributed by atoms with Gasteiger partial charge in [-0.3, -0.25) is 4.79 Å². The molecule has 0 amide bonds. The number of hydrogen-bond donors (Lipinski definition) is 2. The third kappa shape index (κ3) is 2.27. The van der Waals surface area contributed by atoms with Crippen molar-refractivity contribution in [2.75, 3.05) is 0 Å². The molecule has 0 radical (unpaired) electrons. The van der Waals surface area contributed by atoms with Crippen molar-refractivity contribution >= 4 is 40.9 Å². The van der Waals surface area contributed by atoms with Crippen LogP contribution in [0.1, 0.15) is 10.4 Å². The average molecular weight is 296 g/mol. The second-order valence-electron chi connectivity index (χ2n) is 3.09. The smallest absolute Gasteiger partial charge is 0.344 e. The number of aromatic nitrogens is 1. The van der Waals surface area contributed by atoms with E-state index in [4.69, 9.17) is 33.4 Å². The maximum Gasteiger partial charge on any atom is 0.344 e. The number of rotatable bonds is 4. The van der Waals surface area contributed by atoms with Crippen LogP contribution >= 0.6 is 23.2 Å². The first-order valence-corrected chi connectivity index (χ1v) is 4.98. The lowest BCUT2D eigenvalue weighted by molar-refractivity contribution is -0.149. The Morgan fingerprint density at radius 3 is 2.17 bits per heavy atom. The Labute approximate surface area is 109 Å². The molecule has 0 fully saturated rings. The molecular weight excluding hydrogens is 292 g/mol. The van der Waals surface area contributed by atoms with Crippen molar-refractivity contribution in [2.24, 2.45) is 0 Å². The molecule has 96 valence electrons. The summed E-state index contributed by atoms with van der Waals surface area (Å²) in [4.78, 5) is 33.2. The van der Waals surface area contributed by atoms with Gasteiger partial charge in [0.15, 0.2) is 11.0 Å². The van der Waals surface area contributed by atoms with Crippen LogP contribution in [0.5, 0.6) is 0 Å². The van der Waals surface area contributed by atoms with Crippen LogP contribution in [0.15, 0.2) is 12.3 Å². The zero-order valence-corrected chi connectivity index (χ0v) is 9.87. The van der Waals surface area contributed by atoms with E-state index in [1.807, 2.05) is 0 Å². The Balaban J connectivity index is 3.31. The fourth-order valence-electron chi connectivity index (χ4n) is 1.03. The molecule has 0 atom stereocenters. The maximum absolute atomic E-state index is 13.0. The molecule has 0 aliphatic heterocycles. The fraction of sp³-hybridized carbons (Fsp3) is 0.111. The van der Waals surface area contributed by atoms with Crippen molar-refractivity contribution in [1.29, 1.82) is 0 Å². The monoisotopic (exact) mass is 295 g/mol. The number of pyridine rings is 1. The van der Waals surface area contributed by atoms with E-state index < -0.39 is 39.1 Å². The molecule has 1 aromatic rings. The van der Waals surface area contributed by atoms with Gasteiger partial charge in [-0.25, -0.2) is 19.0 Å². The number of carboxylic acid groups (broad SMARTS) is 2. The summed E-state index contributed by atoms with van der Waals surface area (Å²) in [7, 11) is 0. The second-order valence-corrected chi connectivity index (χ2v) is 4.02. The Hall–Kier alpha value is -1.73. The van der Waals surface area contributed by atoms with Crippen molar-refractivity contribution in [3.63, 3.8) is 0 Å². The molecule has 0 unspecified atom stereocenters. The van der Waals surface area contributed by atoms with Gasteiger partial charge < -0.3 is 10.2 Å². The number of alkyl halides is 1. The van der Waals surface area contributed by atoms with Crippen LogP contribution in [0.3, 0.4) is 0 Å². The number of Topliss-reactive ketones (excluding diaryl/α,β-unsaturated/α-hetero) is 1. The van der Waals surface area contributed by atoms with Crippen LogP contribution in [0.4, 0.5) is 4.39 Å². The van der Waals surface area contributed by atoms with Crippen LogP contribution < -0.4 is 0 Å². The van der Waals surface area contributed by atoms with Gasteiger partial charge in [0.25, 0.3) is 4.87 Å². The molecule has 6 nitrogen and oxygen atoms in total. The van der Waals surface area contributed by atoms with Gasteiger partial charge in [-0.05, 0) is 6.07 Å². The number of hydrogen-bond acceptors (Lipinski definition) is 4. The molecule has 18 heavy (non-hydrogen) atoms. The summed E-state index contributed by atoms with van der Waals surface area (Å²) in [6.45, 7) is 0. The number of aliphatic carboxylic acids is 2. The van der Waals surface area contributed by atoms with Crippen LogP contribution in [-0.2, 0) is 9.59 Å². The maximum atomic E-state index is 13.0. The minimum atomic E-state index is -3.23. The normalized spacial score (nSPS) is 11.1. The largest absolute Gasteiger partial charge is 0.479 e. The van der Waals surface area contributed by atoms with E-state index >= 15 is 0 Å². The minimum Gasteiger partial charge on any atom is -0.479 e. The van der Waals surface area contributed by atoms with Crippen LogP contribution in [0.2, 0.25) is 5.15 Å². The standard InChI is InChI=1S/C9H4Cl2FNO5/c10-6-4(12)1-3(2-13-6)5(14)9(11,7(15)16)8(17)18/h1-2H,(H,15,16)(H,17,18). The van der Waals surface area contributed by atoms with Crippen molar-refractivity contribution in [3.05, 3.63) is 28.8 Å². The zero-order valence-electron chi connectivity index (χ0n) is 8.35. The molecule has 1 heterocycles.